The highest BCUT2D eigenvalue weighted by Crippen LogP contribution is 2.48. The standard InChI is InChI=1S/C32H29F3N6O6/c1-30(29(36)44)14-47-27-20(30)11-23(39-26(27)15-3-6-21-16(7-15)10-24(42)38-21)31(45,32(33,34)35)13-37-28(43)17-8-18-12-41(19-4-5-19)40-25(18)22(9-17)46-2/h3,6-9,11-12,19,45H,4-5,10,13-14H2,1-2H3,(H2,36,44)(H,37,43)(H,38,42)/t30-,31?/m0/s1. The number of nitrogens with one attached hydrogen (secondary N) is 2. The van der Waals surface area contributed by atoms with E-state index in [1.54, 1.807) is 23.0 Å². The largest absolute Gasteiger partial charge is 0.494 e. The summed E-state index contributed by atoms with van der Waals surface area (Å²) in [6.45, 7) is -0.175. The molecule has 244 valence electrons. The lowest BCUT2D eigenvalue weighted by atomic mass is 9.81. The number of halogens is 3. The first-order valence-electron chi connectivity index (χ1n) is 14.8. The number of nitrogens with zero attached hydrogens (tertiary/aromatic N) is 3. The van der Waals surface area contributed by atoms with E-state index in [0.29, 0.717) is 22.2 Å². The van der Waals surface area contributed by atoms with E-state index in [9.17, 15) is 32.7 Å². The fraction of sp³-hybridized carbons (Fsp3) is 0.344. The molecule has 0 radical (unpaired) electrons. The lowest BCUT2D eigenvalue weighted by molar-refractivity contribution is -0.265. The number of carbonyl (C=O) groups excluding carboxylic acids is 3. The number of amides is 3. The van der Waals surface area contributed by atoms with Crippen molar-refractivity contribution in [3.63, 3.8) is 0 Å². The number of carbonyl (C=O) groups is 3. The van der Waals surface area contributed by atoms with E-state index in [4.69, 9.17) is 15.2 Å². The zero-order valence-corrected chi connectivity index (χ0v) is 25.2. The predicted octanol–water partition coefficient (Wildman–Crippen LogP) is 3.25. The number of methoxy groups -OCH3 is 1. The van der Waals surface area contributed by atoms with Crippen LogP contribution >= 0.6 is 0 Å². The van der Waals surface area contributed by atoms with Gasteiger partial charge in [-0.3, -0.25) is 19.1 Å². The summed E-state index contributed by atoms with van der Waals surface area (Å²) in [6, 6.07) is 8.72. The van der Waals surface area contributed by atoms with Crippen molar-refractivity contribution < 1.29 is 42.1 Å². The second-order valence-electron chi connectivity index (χ2n) is 12.3. The Balaban J connectivity index is 1.28. The van der Waals surface area contributed by atoms with Crippen LogP contribution in [0.3, 0.4) is 0 Å². The highest BCUT2D eigenvalue weighted by atomic mass is 19.4. The lowest BCUT2D eigenvalue weighted by Gasteiger charge is -2.31. The van der Waals surface area contributed by atoms with E-state index in [0.717, 1.165) is 18.9 Å². The quantitative estimate of drug-likeness (QED) is 0.225. The van der Waals surface area contributed by atoms with E-state index in [1.807, 2.05) is 0 Å². The molecule has 12 nitrogen and oxygen atoms in total. The number of nitrogens with two attached hydrogens (primary N) is 1. The number of primary amides is 1. The Morgan fingerprint density at radius 3 is 2.68 bits per heavy atom. The number of ether oxygens (including phenoxy) is 2. The molecule has 15 heteroatoms. The van der Waals surface area contributed by atoms with Gasteiger partial charge in [-0.2, -0.15) is 18.3 Å². The van der Waals surface area contributed by atoms with E-state index in [2.05, 4.69) is 20.7 Å². The van der Waals surface area contributed by atoms with E-state index in [1.165, 1.54) is 32.2 Å². The van der Waals surface area contributed by atoms with Crippen LogP contribution in [-0.4, -0.2) is 64.0 Å². The van der Waals surface area contributed by atoms with Gasteiger partial charge in [0.2, 0.25) is 17.4 Å². The van der Waals surface area contributed by atoms with Crippen molar-refractivity contribution in [3.05, 3.63) is 65.0 Å². The smallest absolute Gasteiger partial charge is 0.424 e. The van der Waals surface area contributed by atoms with Gasteiger partial charge in [0.25, 0.3) is 5.91 Å². The van der Waals surface area contributed by atoms with Gasteiger partial charge in [0, 0.05) is 34.0 Å². The number of aromatic nitrogens is 3. The molecule has 4 aromatic rings. The van der Waals surface area contributed by atoms with Crippen LogP contribution in [0, 0.1) is 0 Å². The Morgan fingerprint density at radius 1 is 1.23 bits per heavy atom. The van der Waals surface area contributed by atoms with Gasteiger partial charge in [0.1, 0.15) is 34.7 Å². The molecule has 0 spiro atoms. The van der Waals surface area contributed by atoms with Gasteiger partial charge in [-0.05, 0) is 55.7 Å². The normalized spacial score (nSPS) is 19.8. The van der Waals surface area contributed by atoms with Crippen LogP contribution in [0.4, 0.5) is 18.9 Å². The minimum absolute atomic E-state index is 0.00318. The van der Waals surface area contributed by atoms with Crippen LogP contribution in [0.2, 0.25) is 0 Å². The average Bonchev–Trinajstić information content (AvgIpc) is 3.53. The zero-order valence-electron chi connectivity index (χ0n) is 25.2. The van der Waals surface area contributed by atoms with Crippen molar-refractivity contribution in [2.75, 3.05) is 25.6 Å². The summed E-state index contributed by atoms with van der Waals surface area (Å²) in [5, 5.41) is 21.4. The summed E-state index contributed by atoms with van der Waals surface area (Å²) in [5.74, 6) is -1.73. The second-order valence-corrected chi connectivity index (χ2v) is 12.3. The molecule has 3 amide bonds. The Labute approximate surface area is 265 Å². The number of benzene rings is 2. The SMILES string of the molecule is COc1cc(C(=O)NCC(O)(c2cc3c(c(-c4ccc5c(c4)CC(=O)N5)n2)OC[C@]3(C)C(N)=O)C(F)(F)F)cc2cn(C3CC3)nc12. The third-order valence-electron chi connectivity index (χ3n) is 9.01. The van der Waals surface area contributed by atoms with Crippen molar-refractivity contribution in [3.8, 4) is 22.8 Å². The number of anilines is 1. The van der Waals surface area contributed by atoms with Crippen molar-refractivity contribution in [1.29, 1.82) is 0 Å². The molecule has 1 aliphatic carbocycles. The molecule has 1 saturated carbocycles. The van der Waals surface area contributed by atoms with Gasteiger partial charge in [0.15, 0.2) is 0 Å². The maximum absolute atomic E-state index is 14.9. The number of rotatable bonds is 8. The molecule has 4 heterocycles. The average molecular weight is 651 g/mol. The number of fused-ring (bicyclic) bond motifs is 3. The van der Waals surface area contributed by atoms with Gasteiger partial charge < -0.3 is 30.9 Å². The minimum Gasteiger partial charge on any atom is -0.494 e. The monoisotopic (exact) mass is 650 g/mol. The van der Waals surface area contributed by atoms with Crippen LogP contribution in [0.5, 0.6) is 11.5 Å². The molecule has 0 saturated heterocycles. The number of hydrogen-bond acceptors (Lipinski definition) is 8. The van der Waals surface area contributed by atoms with Crippen molar-refractivity contribution in [2.45, 2.75) is 49.4 Å². The summed E-state index contributed by atoms with van der Waals surface area (Å²) >= 11 is 0. The fourth-order valence-electron chi connectivity index (χ4n) is 5.95. The summed E-state index contributed by atoms with van der Waals surface area (Å²) in [7, 11) is 1.39. The van der Waals surface area contributed by atoms with E-state index in [-0.39, 0.29) is 58.9 Å². The van der Waals surface area contributed by atoms with Gasteiger partial charge >= 0.3 is 6.18 Å². The number of pyridine rings is 1. The topological polar surface area (TPSA) is 171 Å². The highest BCUT2D eigenvalue weighted by Gasteiger charge is 2.57. The molecule has 2 aromatic heterocycles. The highest BCUT2D eigenvalue weighted by molar-refractivity contribution is 6.01. The van der Waals surface area contributed by atoms with E-state index < -0.39 is 41.2 Å². The Morgan fingerprint density at radius 2 is 2.00 bits per heavy atom. The molecule has 3 aliphatic rings. The number of alkyl halides is 3. The molecule has 5 N–H and O–H groups in total. The fourth-order valence-corrected chi connectivity index (χ4v) is 5.95. The molecular formula is C32H29F3N6O6. The molecule has 47 heavy (non-hydrogen) atoms. The van der Waals surface area contributed by atoms with Crippen LogP contribution in [0.1, 0.15) is 53.0 Å². The van der Waals surface area contributed by atoms with Crippen molar-refractivity contribution in [1.82, 2.24) is 20.1 Å². The van der Waals surface area contributed by atoms with Crippen molar-refractivity contribution >= 4 is 34.3 Å². The second kappa shape index (κ2) is 10.4. The van der Waals surface area contributed by atoms with Crippen LogP contribution in [-0.2, 0) is 27.0 Å². The molecule has 2 aromatic carbocycles. The zero-order chi connectivity index (χ0) is 33.5. The number of aliphatic hydroxyl groups is 1. The Hall–Kier alpha value is -5.18. The molecule has 0 bridgehead atoms. The minimum atomic E-state index is -5.34. The summed E-state index contributed by atoms with van der Waals surface area (Å²) < 4.78 is 57.6. The predicted molar refractivity (Wildman–Crippen MR) is 161 cm³/mol. The maximum Gasteiger partial charge on any atom is 0.424 e. The van der Waals surface area contributed by atoms with E-state index >= 15 is 0 Å². The van der Waals surface area contributed by atoms with Gasteiger partial charge in [-0.1, -0.05) is 6.07 Å². The maximum atomic E-state index is 14.9. The van der Waals surface area contributed by atoms with Crippen molar-refractivity contribution in [2.24, 2.45) is 5.73 Å². The van der Waals surface area contributed by atoms with Crippen LogP contribution < -0.4 is 25.8 Å². The molecule has 1 unspecified atom stereocenters. The third kappa shape index (κ3) is 4.92. The molecule has 7 rings (SSSR count). The summed E-state index contributed by atoms with van der Waals surface area (Å²) in [4.78, 5) is 42.0. The lowest BCUT2D eigenvalue weighted by Crippen LogP contribution is -2.51. The Kier molecular flexibility index (Phi) is 6.75. The summed E-state index contributed by atoms with van der Waals surface area (Å²) in [5.41, 5.74) is 1.33. The Bertz CT molecular complexity index is 2010. The van der Waals surface area contributed by atoms with Gasteiger partial charge in [-0.25, -0.2) is 4.98 Å². The molecular weight excluding hydrogens is 621 g/mol. The van der Waals surface area contributed by atoms with Gasteiger partial charge in [0.05, 0.1) is 31.8 Å². The first-order valence-corrected chi connectivity index (χ1v) is 14.8. The molecule has 2 atom stereocenters. The van der Waals surface area contributed by atoms with Crippen LogP contribution in [0.15, 0.2) is 42.6 Å². The van der Waals surface area contributed by atoms with Crippen LogP contribution in [0.25, 0.3) is 22.2 Å². The molecule has 1 fully saturated rings. The first kappa shape index (κ1) is 30.5. The number of hydrogen-bond donors (Lipinski definition) is 4. The van der Waals surface area contributed by atoms with Gasteiger partial charge in [-0.15, -0.1) is 0 Å². The first-order chi connectivity index (χ1) is 22.2. The third-order valence-corrected chi connectivity index (χ3v) is 9.01. The summed E-state index contributed by atoms with van der Waals surface area (Å²) in [6.07, 6.45) is -1.63. The molecule has 2 aliphatic heterocycles.